The van der Waals surface area contributed by atoms with Gasteiger partial charge in [-0.05, 0) is 30.2 Å². The minimum absolute atomic E-state index is 0.188. The summed E-state index contributed by atoms with van der Waals surface area (Å²) in [6.45, 7) is 3.85. The third-order valence-corrected chi connectivity index (χ3v) is 2.81. The minimum Gasteiger partial charge on any atom is -0.493 e. The fourth-order valence-corrected chi connectivity index (χ4v) is 1.79. The number of carbonyl (C=O) groups excluding carboxylic acids is 2. The van der Waals surface area contributed by atoms with Crippen molar-refractivity contribution in [2.24, 2.45) is 0 Å². The van der Waals surface area contributed by atoms with E-state index >= 15 is 0 Å². The molecule has 0 radical (unpaired) electrons. The number of methoxy groups -OCH3 is 2. The van der Waals surface area contributed by atoms with Crippen LogP contribution in [0.3, 0.4) is 0 Å². The fourth-order valence-electron chi connectivity index (χ4n) is 1.79. The van der Waals surface area contributed by atoms with Gasteiger partial charge in [0.25, 0.3) is 5.91 Å². The van der Waals surface area contributed by atoms with Crippen LogP contribution in [0.2, 0.25) is 0 Å². The molecule has 0 spiro atoms. The van der Waals surface area contributed by atoms with Gasteiger partial charge in [0.05, 0.1) is 14.2 Å². The number of amides is 2. The van der Waals surface area contributed by atoms with Gasteiger partial charge in [0.2, 0.25) is 5.91 Å². The highest BCUT2D eigenvalue weighted by Crippen LogP contribution is 2.28. The Bertz CT molecular complexity index is 567. The molecule has 0 aliphatic heterocycles. The summed E-state index contributed by atoms with van der Waals surface area (Å²) in [7, 11) is 3.09. The van der Waals surface area contributed by atoms with Crippen molar-refractivity contribution in [3.63, 3.8) is 0 Å². The van der Waals surface area contributed by atoms with Crippen LogP contribution >= 0.6 is 0 Å². The van der Waals surface area contributed by atoms with Crippen LogP contribution in [0.5, 0.6) is 11.5 Å². The topological polar surface area (TPSA) is 76.7 Å². The molecule has 0 fully saturated rings. The monoisotopic (exact) mass is 306 g/mol. The van der Waals surface area contributed by atoms with Gasteiger partial charge in [-0.25, -0.2) is 0 Å². The molecule has 1 aromatic rings. The number of rotatable bonds is 7. The van der Waals surface area contributed by atoms with E-state index in [1.54, 1.807) is 31.4 Å². The summed E-state index contributed by atoms with van der Waals surface area (Å²) < 4.78 is 10.4. The van der Waals surface area contributed by atoms with Gasteiger partial charge in [0.15, 0.2) is 11.5 Å². The molecule has 1 aromatic carbocycles. The highest BCUT2D eigenvalue weighted by molar-refractivity contribution is 6.00. The van der Waals surface area contributed by atoms with Crippen LogP contribution in [-0.2, 0) is 9.59 Å². The number of ether oxygens (including phenoxy) is 2. The molecule has 6 heteroatoms. The van der Waals surface area contributed by atoms with Crippen LogP contribution in [0.15, 0.2) is 23.9 Å². The van der Waals surface area contributed by atoms with Crippen molar-refractivity contribution in [3.8, 4) is 11.5 Å². The lowest BCUT2D eigenvalue weighted by molar-refractivity contribution is -0.122. The molecule has 0 aliphatic carbocycles. The average molecular weight is 306 g/mol. The molecule has 0 bridgehead atoms. The lowest BCUT2D eigenvalue weighted by Gasteiger charge is -2.11. The lowest BCUT2D eigenvalue weighted by atomic mass is 10.1. The molecule has 0 aromatic heterocycles. The summed E-state index contributed by atoms with van der Waals surface area (Å²) in [6, 6.07) is 5.24. The summed E-state index contributed by atoms with van der Waals surface area (Å²) in [6.07, 6.45) is 2.41. The third-order valence-electron chi connectivity index (χ3n) is 2.81. The SMILES string of the molecule is CCCNC(=O)C(=Cc1ccc(OC)c(OC)c1)NC(C)=O. The molecule has 22 heavy (non-hydrogen) atoms. The van der Waals surface area contributed by atoms with E-state index in [9.17, 15) is 9.59 Å². The maximum atomic E-state index is 12.1. The molecule has 120 valence electrons. The van der Waals surface area contributed by atoms with E-state index < -0.39 is 0 Å². The Kier molecular flexibility index (Phi) is 6.95. The Morgan fingerprint density at radius 3 is 2.41 bits per heavy atom. The number of hydrogen-bond acceptors (Lipinski definition) is 4. The molecular formula is C16H22N2O4. The summed E-state index contributed by atoms with van der Waals surface area (Å²) >= 11 is 0. The first-order chi connectivity index (χ1) is 10.5. The normalized spacial score (nSPS) is 10.8. The van der Waals surface area contributed by atoms with Crippen molar-refractivity contribution in [2.75, 3.05) is 20.8 Å². The number of nitrogens with one attached hydrogen (secondary N) is 2. The molecule has 0 atom stereocenters. The van der Waals surface area contributed by atoms with Gasteiger partial charge in [-0.2, -0.15) is 0 Å². The molecule has 0 unspecified atom stereocenters. The number of carbonyl (C=O) groups is 2. The molecular weight excluding hydrogens is 284 g/mol. The second kappa shape index (κ2) is 8.71. The van der Waals surface area contributed by atoms with E-state index in [-0.39, 0.29) is 17.5 Å². The fraction of sp³-hybridized carbons (Fsp3) is 0.375. The van der Waals surface area contributed by atoms with Crippen LogP contribution in [0, 0.1) is 0 Å². The molecule has 0 saturated heterocycles. The van der Waals surface area contributed by atoms with Crippen molar-refractivity contribution < 1.29 is 19.1 Å². The van der Waals surface area contributed by atoms with E-state index in [2.05, 4.69) is 10.6 Å². The second-order valence-electron chi connectivity index (χ2n) is 4.61. The predicted molar refractivity (Wildman–Crippen MR) is 84.6 cm³/mol. The first-order valence-corrected chi connectivity index (χ1v) is 7.01. The van der Waals surface area contributed by atoms with Crippen LogP contribution < -0.4 is 20.1 Å². The molecule has 1 rings (SSSR count). The molecule has 2 N–H and O–H groups in total. The Labute approximate surface area is 130 Å². The van der Waals surface area contributed by atoms with Gasteiger partial charge >= 0.3 is 0 Å². The Balaban J connectivity index is 3.09. The molecule has 0 aliphatic rings. The summed E-state index contributed by atoms with van der Waals surface area (Å²) in [4.78, 5) is 23.3. The van der Waals surface area contributed by atoms with Crippen molar-refractivity contribution >= 4 is 17.9 Å². The van der Waals surface area contributed by atoms with E-state index in [1.165, 1.54) is 14.0 Å². The first kappa shape index (κ1) is 17.6. The number of benzene rings is 1. The zero-order valence-corrected chi connectivity index (χ0v) is 13.4. The molecule has 0 saturated carbocycles. The zero-order valence-electron chi connectivity index (χ0n) is 13.4. The smallest absolute Gasteiger partial charge is 0.267 e. The van der Waals surface area contributed by atoms with Gasteiger partial charge in [-0.3, -0.25) is 9.59 Å². The third kappa shape index (κ3) is 5.12. The quantitative estimate of drug-likeness (QED) is 0.752. The van der Waals surface area contributed by atoms with Crippen LogP contribution in [0.25, 0.3) is 6.08 Å². The molecule has 0 heterocycles. The van der Waals surface area contributed by atoms with E-state index in [1.807, 2.05) is 6.92 Å². The maximum absolute atomic E-state index is 12.1. The van der Waals surface area contributed by atoms with Crippen LogP contribution in [-0.4, -0.2) is 32.6 Å². The Morgan fingerprint density at radius 2 is 1.86 bits per heavy atom. The highest BCUT2D eigenvalue weighted by atomic mass is 16.5. The predicted octanol–water partition coefficient (Wildman–Crippen LogP) is 1.71. The number of hydrogen-bond donors (Lipinski definition) is 2. The van der Waals surface area contributed by atoms with Crippen molar-refractivity contribution in [1.82, 2.24) is 10.6 Å². The summed E-state index contributed by atoms with van der Waals surface area (Å²) in [5.74, 6) is 0.508. The van der Waals surface area contributed by atoms with Gasteiger partial charge in [-0.1, -0.05) is 13.0 Å². The van der Waals surface area contributed by atoms with Crippen molar-refractivity contribution in [2.45, 2.75) is 20.3 Å². The van der Waals surface area contributed by atoms with Gasteiger partial charge < -0.3 is 20.1 Å². The summed E-state index contributed by atoms with van der Waals surface area (Å²) in [5.41, 5.74) is 0.904. The van der Waals surface area contributed by atoms with Gasteiger partial charge in [0, 0.05) is 13.5 Å². The van der Waals surface area contributed by atoms with Crippen molar-refractivity contribution in [3.05, 3.63) is 29.5 Å². The molecule has 2 amide bonds. The standard InChI is InChI=1S/C16H22N2O4/c1-5-8-17-16(20)13(18-11(2)19)9-12-6-7-14(21-3)15(10-12)22-4/h6-7,9-10H,5,8H2,1-4H3,(H,17,20)(H,18,19). The minimum atomic E-state index is -0.327. The highest BCUT2D eigenvalue weighted by Gasteiger charge is 2.11. The Hall–Kier alpha value is -2.50. The first-order valence-electron chi connectivity index (χ1n) is 7.01. The van der Waals surface area contributed by atoms with Gasteiger partial charge in [-0.15, -0.1) is 0 Å². The second-order valence-corrected chi connectivity index (χ2v) is 4.61. The largest absolute Gasteiger partial charge is 0.493 e. The van der Waals surface area contributed by atoms with E-state index in [0.717, 1.165) is 6.42 Å². The summed E-state index contributed by atoms with van der Waals surface area (Å²) in [5, 5.41) is 5.27. The zero-order chi connectivity index (χ0) is 16.5. The van der Waals surface area contributed by atoms with E-state index in [0.29, 0.717) is 23.6 Å². The molecule has 6 nitrogen and oxygen atoms in total. The Morgan fingerprint density at radius 1 is 1.18 bits per heavy atom. The van der Waals surface area contributed by atoms with Crippen LogP contribution in [0.4, 0.5) is 0 Å². The van der Waals surface area contributed by atoms with Crippen molar-refractivity contribution in [1.29, 1.82) is 0 Å². The average Bonchev–Trinajstić information content (AvgIpc) is 2.51. The van der Waals surface area contributed by atoms with E-state index in [4.69, 9.17) is 9.47 Å². The maximum Gasteiger partial charge on any atom is 0.267 e. The lowest BCUT2D eigenvalue weighted by Crippen LogP contribution is -2.34. The van der Waals surface area contributed by atoms with Crippen LogP contribution in [0.1, 0.15) is 25.8 Å². The van der Waals surface area contributed by atoms with Gasteiger partial charge in [0.1, 0.15) is 5.70 Å².